The average molecular weight is 538 g/mol. The van der Waals surface area contributed by atoms with Gasteiger partial charge in [0.2, 0.25) is 23.8 Å². The molecule has 190 valence electrons. The van der Waals surface area contributed by atoms with Crippen molar-refractivity contribution in [2.45, 2.75) is 24.2 Å². The van der Waals surface area contributed by atoms with E-state index in [9.17, 15) is 8.42 Å². The van der Waals surface area contributed by atoms with Gasteiger partial charge in [-0.1, -0.05) is 11.6 Å². The van der Waals surface area contributed by atoms with Crippen LogP contribution in [0.4, 0.5) is 35.2 Å². The van der Waals surface area contributed by atoms with Gasteiger partial charge in [-0.3, -0.25) is 0 Å². The lowest BCUT2D eigenvalue weighted by Crippen LogP contribution is -2.31. The first-order valence-corrected chi connectivity index (χ1v) is 13.5. The first-order valence-electron chi connectivity index (χ1n) is 11.7. The Kier molecular flexibility index (Phi) is 7.28. The molecule has 1 aliphatic heterocycles. The van der Waals surface area contributed by atoms with Crippen LogP contribution < -0.4 is 20.3 Å². The second-order valence-corrected chi connectivity index (χ2v) is 10.4. The quantitative estimate of drug-likeness (QED) is 0.292. The topological polar surface area (TPSA) is 138 Å². The fourth-order valence-corrected chi connectivity index (χ4v) is 4.84. The molecule has 0 unspecified atom stereocenters. The average Bonchev–Trinajstić information content (AvgIpc) is 2.91. The van der Waals surface area contributed by atoms with Gasteiger partial charge in [0.15, 0.2) is 0 Å². The van der Waals surface area contributed by atoms with Gasteiger partial charge in [-0.25, -0.2) is 23.1 Å². The number of hydrogen-bond donors (Lipinski definition) is 3. The van der Waals surface area contributed by atoms with Crippen molar-refractivity contribution >= 4 is 56.8 Å². The number of rotatable bonds is 8. The predicted molar refractivity (Wildman–Crippen MR) is 143 cm³/mol. The number of anilines is 6. The Morgan fingerprint density at radius 2 is 1.30 bits per heavy atom. The van der Waals surface area contributed by atoms with E-state index in [0.717, 1.165) is 31.6 Å². The van der Waals surface area contributed by atoms with Gasteiger partial charge in [0, 0.05) is 41.9 Å². The second kappa shape index (κ2) is 10.9. The third-order valence-electron chi connectivity index (χ3n) is 5.58. The van der Waals surface area contributed by atoms with Crippen molar-refractivity contribution in [2.24, 2.45) is 0 Å². The highest BCUT2D eigenvalue weighted by molar-refractivity contribution is 7.92. The number of benzene rings is 2. The largest absolute Gasteiger partial charge is 0.341 e. The molecular weight excluding hydrogens is 514 g/mol. The minimum absolute atomic E-state index is 0.000783. The van der Waals surface area contributed by atoms with E-state index in [2.05, 4.69) is 45.2 Å². The minimum atomic E-state index is -3.84. The Morgan fingerprint density at radius 3 is 1.89 bits per heavy atom. The van der Waals surface area contributed by atoms with E-state index < -0.39 is 10.0 Å². The maximum absolute atomic E-state index is 12.7. The molecule has 1 fully saturated rings. The van der Waals surface area contributed by atoms with Gasteiger partial charge in [0.25, 0.3) is 10.0 Å². The van der Waals surface area contributed by atoms with Gasteiger partial charge < -0.3 is 15.5 Å². The monoisotopic (exact) mass is 537 g/mol. The van der Waals surface area contributed by atoms with Gasteiger partial charge in [0.1, 0.15) is 0 Å². The van der Waals surface area contributed by atoms with Crippen LogP contribution in [0.5, 0.6) is 0 Å². The van der Waals surface area contributed by atoms with Crippen molar-refractivity contribution in [3.8, 4) is 0 Å². The van der Waals surface area contributed by atoms with Crippen molar-refractivity contribution in [3.05, 3.63) is 72.0 Å². The molecule has 0 saturated carbocycles. The fourth-order valence-electron chi connectivity index (χ4n) is 3.75. The lowest BCUT2D eigenvalue weighted by atomic mass is 10.1. The smallest absolute Gasteiger partial charge is 0.264 e. The molecule has 2 aromatic carbocycles. The lowest BCUT2D eigenvalue weighted by Gasteiger charge is -2.27. The zero-order valence-corrected chi connectivity index (χ0v) is 21.2. The molecule has 1 aliphatic rings. The highest BCUT2D eigenvalue weighted by atomic mass is 35.5. The summed E-state index contributed by atoms with van der Waals surface area (Å²) in [6, 6.07) is 15.1. The summed E-state index contributed by atoms with van der Waals surface area (Å²) in [6.45, 7) is 1.74. The predicted octanol–water partition coefficient (Wildman–Crippen LogP) is 4.59. The molecule has 2 aromatic heterocycles. The molecule has 0 radical (unpaired) electrons. The van der Waals surface area contributed by atoms with Gasteiger partial charge in [0.05, 0.1) is 4.90 Å². The van der Waals surface area contributed by atoms with Gasteiger partial charge in [-0.2, -0.15) is 15.0 Å². The number of hydrogen-bond acceptors (Lipinski definition) is 10. The Bertz CT molecular complexity index is 1450. The summed E-state index contributed by atoms with van der Waals surface area (Å²) in [6.07, 6.45) is 6.25. The first-order chi connectivity index (χ1) is 17.9. The van der Waals surface area contributed by atoms with Crippen LogP contribution in [0.1, 0.15) is 19.3 Å². The van der Waals surface area contributed by atoms with Crippen molar-refractivity contribution in [3.63, 3.8) is 0 Å². The van der Waals surface area contributed by atoms with Crippen molar-refractivity contribution in [1.29, 1.82) is 0 Å². The lowest BCUT2D eigenvalue weighted by molar-refractivity contribution is 0.568. The Balaban J connectivity index is 1.37. The van der Waals surface area contributed by atoms with Crippen LogP contribution in [-0.4, -0.2) is 46.4 Å². The molecular formula is C24H24ClN9O2S. The number of halogens is 1. The standard InChI is InChI=1S/C24H24ClN9O2S/c25-17-5-7-18(8-6-17)28-22-30-23(32-24(31-22)34-15-2-1-3-16-34)29-19-9-11-20(12-10-19)37(35,36)33-21-26-13-4-14-27-21/h4-14H,1-3,15-16H2,(H,26,27,33)(H2,28,29,30,31,32). The Hall–Kier alpha value is -4.03. The maximum atomic E-state index is 12.7. The van der Waals surface area contributed by atoms with Crippen LogP contribution >= 0.6 is 11.6 Å². The van der Waals surface area contributed by atoms with Gasteiger partial charge in [-0.15, -0.1) is 0 Å². The second-order valence-electron chi connectivity index (χ2n) is 8.29. The van der Waals surface area contributed by atoms with Crippen molar-refractivity contribution < 1.29 is 8.42 Å². The molecule has 3 N–H and O–H groups in total. The van der Waals surface area contributed by atoms with E-state index in [0.29, 0.717) is 28.6 Å². The molecule has 0 spiro atoms. The molecule has 5 rings (SSSR count). The fraction of sp³-hybridized carbons (Fsp3) is 0.208. The molecule has 0 bridgehead atoms. The van der Waals surface area contributed by atoms with Crippen LogP contribution in [0.25, 0.3) is 0 Å². The van der Waals surface area contributed by atoms with E-state index in [1.165, 1.54) is 30.9 Å². The molecule has 3 heterocycles. The van der Waals surface area contributed by atoms with Crippen LogP contribution in [0.3, 0.4) is 0 Å². The highest BCUT2D eigenvalue weighted by Gasteiger charge is 2.18. The minimum Gasteiger partial charge on any atom is -0.341 e. The number of nitrogens with one attached hydrogen (secondary N) is 3. The summed E-state index contributed by atoms with van der Waals surface area (Å²) in [5.41, 5.74) is 1.40. The van der Waals surface area contributed by atoms with E-state index in [1.54, 1.807) is 30.3 Å². The van der Waals surface area contributed by atoms with Gasteiger partial charge in [-0.05, 0) is 73.9 Å². The zero-order chi connectivity index (χ0) is 25.7. The number of piperidine rings is 1. The summed E-state index contributed by atoms with van der Waals surface area (Å²) in [5.74, 6) is 1.28. The van der Waals surface area contributed by atoms with Crippen LogP contribution in [0, 0.1) is 0 Å². The maximum Gasteiger partial charge on any atom is 0.264 e. The van der Waals surface area contributed by atoms with Crippen LogP contribution in [-0.2, 0) is 10.0 Å². The summed E-state index contributed by atoms with van der Waals surface area (Å²) in [5, 5.41) is 6.99. The Labute approximate surface area is 219 Å². The van der Waals surface area contributed by atoms with E-state index in [4.69, 9.17) is 11.6 Å². The summed E-state index contributed by atoms with van der Waals surface area (Å²) >= 11 is 6.00. The van der Waals surface area contributed by atoms with Crippen LogP contribution in [0.2, 0.25) is 5.02 Å². The van der Waals surface area contributed by atoms with E-state index in [1.807, 2.05) is 12.1 Å². The normalized spacial score (nSPS) is 13.7. The van der Waals surface area contributed by atoms with E-state index in [-0.39, 0.29) is 10.8 Å². The third-order valence-corrected chi connectivity index (χ3v) is 7.17. The zero-order valence-electron chi connectivity index (χ0n) is 19.7. The number of sulfonamides is 1. The highest BCUT2D eigenvalue weighted by Crippen LogP contribution is 2.24. The molecule has 11 nitrogen and oxygen atoms in total. The Morgan fingerprint density at radius 1 is 0.730 bits per heavy atom. The third kappa shape index (κ3) is 6.40. The molecule has 1 saturated heterocycles. The number of nitrogens with zero attached hydrogens (tertiary/aromatic N) is 6. The van der Waals surface area contributed by atoms with Crippen molar-refractivity contribution in [2.75, 3.05) is 33.3 Å². The molecule has 13 heteroatoms. The van der Waals surface area contributed by atoms with Gasteiger partial charge >= 0.3 is 0 Å². The first kappa shape index (κ1) is 24.7. The molecule has 0 aliphatic carbocycles. The molecule has 0 atom stereocenters. The SMILES string of the molecule is O=S(=O)(Nc1ncccn1)c1ccc(Nc2nc(Nc3ccc(Cl)cc3)nc(N3CCCCC3)n2)cc1. The molecule has 37 heavy (non-hydrogen) atoms. The van der Waals surface area contributed by atoms with Crippen LogP contribution in [0.15, 0.2) is 71.9 Å². The van der Waals surface area contributed by atoms with Crippen molar-refractivity contribution in [1.82, 2.24) is 24.9 Å². The molecule has 0 amide bonds. The number of aromatic nitrogens is 5. The summed E-state index contributed by atoms with van der Waals surface area (Å²) in [7, 11) is -3.84. The summed E-state index contributed by atoms with van der Waals surface area (Å²) in [4.78, 5) is 23.8. The molecule has 4 aromatic rings. The summed E-state index contributed by atoms with van der Waals surface area (Å²) < 4.78 is 27.7. The van der Waals surface area contributed by atoms with E-state index >= 15 is 0 Å².